The van der Waals surface area contributed by atoms with Gasteiger partial charge in [-0.15, -0.1) is 12.4 Å². The third-order valence-electron chi connectivity index (χ3n) is 3.96. The van der Waals surface area contributed by atoms with Gasteiger partial charge in [0.05, 0.1) is 12.3 Å². The topological polar surface area (TPSA) is 83.7 Å². The van der Waals surface area contributed by atoms with E-state index in [1.807, 2.05) is 20.8 Å². The fourth-order valence-corrected chi connectivity index (χ4v) is 4.20. The number of likely N-dealkylation sites (tertiary alicyclic amines) is 1. The Morgan fingerprint density at radius 2 is 1.82 bits per heavy atom. The summed E-state index contributed by atoms with van der Waals surface area (Å²) in [6.45, 7) is 7.58. The average Bonchev–Trinajstić information content (AvgIpc) is 2.37. The average molecular weight is 356 g/mol. The normalized spacial score (nSPS) is 18.4. The van der Waals surface area contributed by atoms with Crippen molar-refractivity contribution in [3.8, 4) is 0 Å². The van der Waals surface area contributed by atoms with E-state index in [0.29, 0.717) is 44.8 Å². The summed E-state index contributed by atoms with van der Waals surface area (Å²) in [5.41, 5.74) is 5.94. The maximum Gasteiger partial charge on any atom is 0.239 e. The number of sulfonamides is 1. The van der Waals surface area contributed by atoms with Crippen LogP contribution in [0.15, 0.2) is 0 Å². The summed E-state index contributed by atoms with van der Waals surface area (Å²) < 4.78 is 25.0. The van der Waals surface area contributed by atoms with Crippen LogP contribution >= 0.6 is 12.4 Å². The maximum atomic E-state index is 12.2. The number of hydrogen-bond donors (Lipinski definition) is 1. The lowest BCUT2D eigenvalue weighted by Crippen LogP contribution is -2.52. The van der Waals surface area contributed by atoms with Crippen molar-refractivity contribution in [1.82, 2.24) is 9.21 Å². The monoisotopic (exact) mass is 355 g/mol. The molecule has 132 valence electrons. The molecule has 8 heteroatoms. The van der Waals surface area contributed by atoms with Gasteiger partial charge in [0.2, 0.25) is 15.9 Å². The van der Waals surface area contributed by atoms with Crippen LogP contribution in [0.25, 0.3) is 0 Å². The molecule has 0 spiro atoms. The molecule has 0 aromatic rings. The molecule has 0 radical (unpaired) electrons. The molecule has 0 aromatic heterocycles. The summed E-state index contributed by atoms with van der Waals surface area (Å²) in [4.78, 5) is 14.0. The van der Waals surface area contributed by atoms with Gasteiger partial charge in [0, 0.05) is 25.7 Å². The van der Waals surface area contributed by atoms with Crippen LogP contribution in [0.5, 0.6) is 0 Å². The number of amides is 1. The van der Waals surface area contributed by atoms with Crippen LogP contribution in [0, 0.1) is 5.92 Å². The second kappa shape index (κ2) is 9.05. The molecule has 2 N–H and O–H groups in total. The lowest BCUT2D eigenvalue weighted by molar-refractivity contribution is -0.134. The Labute approximate surface area is 140 Å². The molecule has 1 rings (SSSR count). The predicted molar refractivity (Wildman–Crippen MR) is 91.5 cm³/mol. The van der Waals surface area contributed by atoms with Gasteiger partial charge in [-0.1, -0.05) is 20.8 Å². The molecular formula is C14H30ClN3O3S. The van der Waals surface area contributed by atoms with E-state index in [9.17, 15) is 13.2 Å². The van der Waals surface area contributed by atoms with Crippen molar-refractivity contribution >= 4 is 28.3 Å². The summed E-state index contributed by atoms with van der Waals surface area (Å²) in [6, 6.07) is -0.450. The summed E-state index contributed by atoms with van der Waals surface area (Å²) in [6.07, 6.45) is 3.29. The maximum absolute atomic E-state index is 12.2. The van der Waals surface area contributed by atoms with Gasteiger partial charge in [0.15, 0.2) is 0 Å². The molecule has 1 aliphatic heterocycles. The minimum absolute atomic E-state index is 0. The van der Waals surface area contributed by atoms with Crippen LogP contribution in [-0.2, 0) is 14.8 Å². The van der Waals surface area contributed by atoms with Crippen LogP contribution in [0.2, 0.25) is 0 Å². The highest BCUT2D eigenvalue weighted by Gasteiger charge is 2.31. The molecule has 1 saturated heterocycles. The number of carbonyl (C=O) groups is 1. The summed E-state index contributed by atoms with van der Waals surface area (Å²) >= 11 is 0. The lowest BCUT2D eigenvalue weighted by Gasteiger charge is -2.37. The molecule has 0 aromatic carbocycles. The van der Waals surface area contributed by atoms with Crippen LogP contribution in [0.1, 0.15) is 40.0 Å². The van der Waals surface area contributed by atoms with Crippen molar-refractivity contribution in [2.45, 2.75) is 52.1 Å². The first-order chi connectivity index (χ1) is 9.66. The Kier molecular flexibility index (Phi) is 8.90. The summed E-state index contributed by atoms with van der Waals surface area (Å²) in [5, 5.41) is 0. The minimum Gasteiger partial charge on any atom is -0.341 e. The Balaban J connectivity index is 0.00000441. The molecule has 0 saturated carbocycles. The fourth-order valence-electron chi connectivity index (χ4n) is 2.98. The number of nitrogens with two attached hydrogens (primary N) is 1. The zero-order valence-electron chi connectivity index (χ0n) is 14.0. The zero-order chi connectivity index (χ0) is 16.2. The smallest absolute Gasteiger partial charge is 0.239 e. The molecular weight excluding hydrogens is 326 g/mol. The van der Waals surface area contributed by atoms with E-state index in [-0.39, 0.29) is 24.4 Å². The molecule has 1 amide bonds. The molecule has 1 atom stereocenters. The number of hydrogen-bond acceptors (Lipinski definition) is 4. The number of rotatable bonds is 6. The lowest BCUT2D eigenvalue weighted by atomic mass is 10.0. The molecule has 6 nitrogen and oxygen atoms in total. The highest BCUT2D eigenvalue weighted by Crippen LogP contribution is 2.20. The number of carbonyl (C=O) groups excluding carboxylic acids is 1. The van der Waals surface area contributed by atoms with Gasteiger partial charge in [0.25, 0.3) is 0 Å². The van der Waals surface area contributed by atoms with Crippen molar-refractivity contribution in [3.63, 3.8) is 0 Å². The van der Waals surface area contributed by atoms with Crippen LogP contribution in [0.3, 0.4) is 0 Å². The number of piperidine rings is 1. The Morgan fingerprint density at radius 3 is 2.18 bits per heavy atom. The van der Waals surface area contributed by atoms with Gasteiger partial charge < -0.3 is 10.6 Å². The third kappa shape index (κ3) is 6.02. The summed E-state index contributed by atoms with van der Waals surface area (Å²) in [5.74, 6) is 0.381. The van der Waals surface area contributed by atoms with E-state index in [1.54, 1.807) is 4.90 Å². The minimum atomic E-state index is -3.18. The first-order valence-electron chi connectivity index (χ1n) is 7.68. The first-order valence-corrected chi connectivity index (χ1v) is 9.52. The Bertz CT molecular complexity index is 448. The third-order valence-corrected chi connectivity index (χ3v) is 5.37. The molecule has 0 bridgehead atoms. The van der Waals surface area contributed by atoms with Crippen LogP contribution < -0.4 is 5.73 Å². The van der Waals surface area contributed by atoms with E-state index >= 15 is 0 Å². The predicted octanol–water partition coefficient (Wildman–Crippen LogP) is 1.05. The number of nitrogens with zero attached hydrogens (tertiary/aromatic N) is 2. The standard InChI is InChI=1S/C14H29N3O3S.ClH/c1-5-17(21(4,19)20)12-6-8-16(9-7-12)14(18)13(15)10-11(2)3;/h11-13H,5-10,15H2,1-4H3;1H/t13-;/m0./s1. The van der Waals surface area contributed by atoms with Crippen molar-refractivity contribution in [2.75, 3.05) is 25.9 Å². The van der Waals surface area contributed by atoms with Gasteiger partial charge >= 0.3 is 0 Å². The van der Waals surface area contributed by atoms with E-state index in [1.165, 1.54) is 10.6 Å². The van der Waals surface area contributed by atoms with E-state index in [4.69, 9.17) is 5.73 Å². The van der Waals surface area contributed by atoms with Gasteiger partial charge in [-0.25, -0.2) is 8.42 Å². The van der Waals surface area contributed by atoms with E-state index < -0.39 is 16.1 Å². The zero-order valence-corrected chi connectivity index (χ0v) is 15.6. The quantitative estimate of drug-likeness (QED) is 0.772. The van der Waals surface area contributed by atoms with E-state index in [2.05, 4.69) is 0 Å². The van der Waals surface area contributed by atoms with Crippen molar-refractivity contribution in [2.24, 2.45) is 11.7 Å². The van der Waals surface area contributed by atoms with Crippen molar-refractivity contribution < 1.29 is 13.2 Å². The largest absolute Gasteiger partial charge is 0.341 e. The van der Waals surface area contributed by atoms with Gasteiger partial charge in [-0.05, 0) is 25.2 Å². The summed E-state index contributed by atoms with van der Waals surface area (Å²) in [7, 11) is -3.18. The molecule has 1 fully saturated rings. The van der Waals surface area contributed by atoms with Crippen molar-refractivity contribution in [3.05, 3.63) is 0 Å². The molecule has 22 heavy (non-hydrogen) atoms. The second-order valence-electron chi connectivity index (χ2n) is 6.26. The Morgan fingerprint density at radius 1 is 1.32 bits per heavy atom. The molecule has 1 aliphatic rings. The Hall–Kier alpha value is -0.370. The van der Waals surface area contributed by atoms with Gasteiger partial charge in [-0.2, -0.15) is 4.31 Å². The fraction of sp³-hybridized carbons (Fsp3) is 0.929. The highest BCUT2D eigenvalue weighted by atomic mass is 35.5. The van der Waals surface area contributed by atoms with Crippen molar-refractivity contribution in [1.29, 1.82) is 0 Å². The number of halogens is 1. The SMILES string of the molecule is CCN(C1CCN(C(=O)[C@@H](N)CC(C)C)CC1)S(C)(=O)=O.Cl. The van der Waals surface area contributed by atoms with Gasteiger partial charge in [-0.3, -0.25) is 4.79 Å². The molecule has 1 heterocycles. The van der Waals surface area contributed by atoms with E-state index in [0.717, 1.165) is 0 Å². The van der Waals surface area contributed by atoms with Crippen LogP contribution in [0.4, 0.5) is 0 Å². The second-order valence-corrected chi connectivity index (χ2v) is 8.19. The van der Waals surface area contributed by atoms with Crippen LogP contribution in [-0.4, -0.2) is 61.5 Å². The first kappa shape index (κ1) is 21.6. The molecule has 0 unspecified atom stereocenters. The molecule has 0 aliphatic carbocycles. The highest BCUT2D eigenvalue weighted by molar-refractivity contribution is 7.88. The van der Waals surface area contributed by atoms with Gasteiger partial charge in [0.1, 0.15) is 0 Å².